The van der Waals surface area contributed by atoms with Gasteiger partial charge in [-0.2, -0.15) is 0 Å². The molecule has 0 saturated carbocycles. The Kier molecular flexibility index (Phi) is 5.06. The summed E-state index contributed by atoms with van der Waals surface area (Å²) in [5.74, 6) is 0.215. The van der Waals surface area contributed by atoms with E-state index in [1.54, 1.807) is 13.0 Å². The highest BCUT2D eigenvalue weighted by Gasteiger charge is 2.19. The zero-order valence-electron chi connectivity index (χ0n) is 10.7. The van der Waals surface area contributed by atoms with Crippen LogP contribution in [-0.4, -0.2) is 40.9 Å². The normalized spacial score (nSPS) is 13.8. The summed E-state index contributed by atoms with van der Waals surface area (Å²) in [6.45, 7) is 3.13. The van der Waals surface area contributed by atoms with Gasteiger partial charge in [0, 0.05) is 30.8 Å². The molecule has 0 aliphatic carbocycles. The minimum absolute atomic E-state index is 0.0123. The number of aliphatic hydroxyl groups is 2. The second-order valence-electron chi connectivity index (χ2n) is 4.04. The number of hydrogen-bond acceptors (Lipinski definition) is 5. The number of rotatable bonds is 5. The summed E-state index contributed by atoms with van der Waals surface area (Å²) in [6.07, 6.45) is -0.745. The van der Waals surface area contributed by atoms with Gasteiger partial charge in [0.2, 0.25) is 11.8 Å². The summed E-state index contributed by atoms with van der Waals surface area (Å²) < 4.78 is 5.01. The predicted octanol–water partition coefficient (Wildman–Crippen LogP) is -0.0710. The second kappa shape index (κ2) is 6.32. The fraction of sp³-hybridized carbons (Fsp3) is 0.500. The van der Waals surface area contributed by atoms with Crippen LogP contribution in [0, 0.1) is 6.92 Å². The maximum absolute atomic E-state index is 10.7. The average molecular weight is 254 g/mol. The summed E-state index contributed by atoms with van der Waals surface area (Å²) in [6, 6.07) is 1.69. The number of pyridine rings is 1. The minimum atomic E-state index is -1.10. The molecule has 0 aliphatic heterocycles. The highest BCUT2D eigenvalue weighted by Crippen LogP contribution is 2.21. The Morgan fingerprint density at radius 3 is 2.72 bits per heavy atom. The number of carbonyl (C=O) groups is 1. The number of hydrogen-bond donors (Lipinski definition) is 3. The fourth-order valence-electron chi connectivity index (χ4n) is 1.54. The van der Waals surface area contributed by atoms with Gasteiger partial charge in [0.05, 0.1) is 7.11 Å². The van der Waals surface area contributed by atoms with Crippen molar-refractivity contribution >= 4 is 5.91 Å². The van der Waals surface area contributed by atoms with E-state index in [1.807, 2.05) is 0 Å². The molecule has 2 atom stereocenters. The highest BCUT2D eigenvalue weighted by atomic mass is 16.5. The van der Waals surface area contributed by atoms with Crippen molar-refractivity contribution < 1.29 is 19.7 Å². The number of nitrogens with zero attached hydrogens (tertiary/aromatic N) is 1. The molecule has 0 aromatic carbocycles. The topological polar surface area (TPSA) is 91.7 Å². The first kappa shape index (κ1) is 14.4. The van der Waals surface area contributed by atoms with Crippen LogP contribution in [0.15, 0.2) is 12.3 Å². The largest absolute Gasteiger partial charge is 0.481 e. The first-order valence-electron chi connectivity index (χ1n) is 5.56. The zero-order chi connectivity index (χ0) is 13.7. The Morgan fingerprint density at radius 1 is 1.56 bits per heavy atom. The first-order chi connectivity index (χ1) is 8.45. The average Bonchev–Trinajstić information content (AvgIpc) is 2.34. The standard InChI is InChI=1S/C12H18N2O4/c1-7-4-9(5-14-12(7)18-3)11(17)10(16)6-13-8(2)15/h4-5,10-11,16-17H,6H2,1-3H3,(H,13,15). The van der Waals surface area contributed by atoms with Crippen LogP contribution in [0.4, 0.5) is 0 Å². The van der Waals surface area contributed by atoms with Crippen molar-refractivity contribution in [1.29, 1.82) is 0 Å². The Labute approximate surface area is 106 Å². The molecule has 0 saturated heterocycles. The third-order valence-electron chi connectivity index (χ3n) is 2.51. The van der Waals surface area contributed by atoms with Gasteiger partial charge in [-0.3, -0.25) is 4.79 Å². The smallest absolute Gasteiger partial charge is 0.216 e. The number of aromatic nitrogens is 1. The number of aryl methyl sites for hydroxylation is 1. The van der Waals surface area contributed by atoms with Crippen molar-refractivity contribution in [3.63, 3.8) is 0 Å². The van der Waals surface area contributed by atoms with Gasteiger partial charge in [-0.15, -0.1) is 0 Å². The molecule has 3 N–H and O–H groups in total. The van der Waals surface area contributed by atoms with E-state index in [-0.39, 0.29) is 12.5 Å². The number of carbonyl (C=O) groups excluding carboxylic acids is 1. The summed E-state index contributed by atoms with van der Waals surface area (Å²) in [5.41, 5.74) is 1.24. The molecule has 100 valence electrons. The number of amides is 1. The van der Waals surface area contributed by atoms with E-state index in [0.29, 0.717) is 11.4 Å². The summed E-state index contributed by atoms with van der Waals surface area (Å²) in [5, 5.41) is 22.1. The second-order valence-corrected chi connectivity index (χ2v) is 4.04. The molecule has 1 aromatic rings. The molecule has 0 aliphatic rings. The van der Waals surface area contributed by atoms with Crippen LogP contribution >= 0.6 is 0 Å². The molecule has 2 unspecified atom stereocenters. The van der Waals surface area contributed by atoms with Gasteiger partial charge in [-0.25, -0.2) is 4.98 Å². The molecule has 0 bridgehead atoms. The lowest BCUT2D eigenvalue weighted by atomic mass is 10.0. The van der Waals surface area contributed by atoms with Gasteiger partial charge in [0.1, 0.15) is 12.2 Å². The van der Waals surface area contributed by atoms with E-state index in [0.717, 1.165) is 5.56 Å². The zero-order valence-corrected chi connectivity index (χ0v) is 10.7. The van der Waals surface area contributed by atoms with E-state index in [1.165, 1.54) is 20.2 Å². The molecular weight excluding hydrogens is 236 g/mol. The molecule has 1 rings (SSSR count). The van der Waals surface area contributed by atoms with Gasteiger partial charge in [0.15, 0.2) is 0 Å². The third kappa shape index (κ3) is 3.68. The summed E-state index contributed by atoms with van der Waals surface area (Å²) >= 11 is 0. The quantitative estimate of drug-likeness (QED) is 0.684. The van der Waals surface area contributed by atoms with E-state index in [2.05, 4.69) is 10.3 Å². The highest BCUT2D eigenvalue weighted by molar-refractivity contribution is 5.72. The van der Waals surface area contributed by atoms with Gasteiger partial charge < -0.3 is 20.3 Å². The first-order valence-corrected chi connectivity index (χ1v) is 5.56. The van der Waals surface area contributed by atoms with Crippen molar-refractivity contribution in [3.05, 3.63) is 23.4 Å². The number of ether oxygens (including phenoxy) is 1. The summed E-state index contributed by atoms with van der Waals surface area (Å²) in [4.78, 5) is 14.7. The van der Waals surface area contributed by atoms with Crippen molar-refractivity contribution in [3.8, 4) is 5.88 Å². The van der Waals surface area contributed by atoms with Crippen LogP contribution in [0.3, 0.4) is 0 Å². The molecule has 18 heavy (non-hydrogen) atoms. The van der Waals surface area contributed by atoms with E-state index in [4.69, 9.17) is 4.74 Å². The fourth-order valence-corrected chi connectivity index (χ4v) is 1.54. The van der Waals surface area contributed by atoms with Gasteiger partial charge in [-0.05, 0) is 13.0 Å². The SMILES string of the molecule is COc1ncc(C(O)C(O)CNC(C)=O)cc1C. The van der Waals surface area contributed by atoms with Crippen LogP contribution in [0.1, 0.15) is 24.2 Å². The number of methoxy groups -OCH3 is 1. The lowest BCUT2D eigenvalue weighted by molar-refractivity contribution is -0.119. The molecular formula is C12H18N2O4. The Balaban J connectivity index is 2.74. The minimum Gasteiger partial charge on any atom is -0.481 e. The summed E-state index contributed by atoms with van der Waals surface area (Å²) in [7, 11) is 1.51. The van der Waals surface area contributed by atoms with Crippen LogP contribution < -0.4 is 10.1 Å². The van der Waals surface area contributed by atoms with E-state index in [9.17, 15) is 15.0 Å². The van der Waals surface area contributed by atoms with Crippen molar-refractivity contribution in [1.82, 2.24) is 10.3 Å². The van der Waals surface area contributed by atoms with Crippen LogP contribution in [0.2, 0.25) is 0 Å². The molecule has 6 nitrogen and oxygen atoms in total. The van der Waals surface area contributed by atoms with Crippen LogP contribution in [0.5, 0.6) is 5.88 Å². The Morgan fingerprint density at radius 2 is 2.22 bits per heavy atom. The molecule has 1 heterocycles. The molecule has 0 spiro atoms. The van der Waals surface area contributed by atoms with Crippen LogP contribution in [-0.2, 0) is 4.79 Å². The number of nitrogens with one attached hydrogen (secondary N) is 1. The van der Waals surface area contributed by atoms with Gasteiger partial charge in [0.25, 0.3) is 0 Å². The Bertz CT molecular complexity index is 423. The third-order valence-corrected chi connectivity index (χ3v) is 2.51. The van der Waals surface area contributed by atoms with Crippen molar-refractivity contribution in [2.45, 2.75) is 26.1 Å². The maximum Gasteiger partial charge on any atom is 0.216 e. The van der Waals surface area contributed by atoms with Crippen molar-refractivity contribution in [2.75, 3.05) is 13.7 Å². The van der Waals surface area contributed by atoms with E-state index >= 15 is 0 Å². The maximum atomic E-state index is 10.7. The predicted molar refractivity (Wildman–Crippen MR) is 65.2 cm³/mol. The lowest BCUT2D eigenvalue weighted by Gasteiger charge is -2.18. The monoisotopic (exact) mass is 254 g/mol. The number of aliphatic hydroxyl groups excluding tert-OH is 2. The molecule has 0 radical (unpaired) electrons. The van der Waals surface area contributed by atoms with Crippen LogP contribution in [0.25, 0.3) is 0 Å². The van der Waals surface area contributed by atoms with E-state index < -0.39 is 12.2 Å². The molecule has 0 fully saturated rings. The molecule has 1 amide bonds. The molecule has 1 aromatic heterocycles. The van der Waals surface area contributed by atoms with Gasteiger partial charge >= 0.3 is 0 Å². The van der Waals surface area contributed by atoms with Crippen molar-refractivity contribution in [2.24, 2.45) is 0 Å². The lowest BCUT2D eigenvalue weighted by Crippen LogP contribution is -2.34. The molecule has 6 heteroatoms. The van der Waals surface area contributed by atoms with Gasteiger partial charge in [-0.1, -0.05) is 0 Å². The Hall–Kier alpha value is -1.66.